The number of urea groups is 1. The lowest BCUT2D eigenvalue weighted by molar-refractivity contribution is 0.232. The molecule has 0 saturated heterocycles. The molecule has 0 bridgehead atoms. The minimum Gasteiger partial charge on any atom is -0.335 e. The first kappa shape index (κ1) is 12.9. The van der Waals surface area contributed by atoms with Crippen LogP contribution >= 0.6 is 0 Å². The Balaban J connectivity index is 1.90. The Hall–Kier alpha value is -1.51. The van der Waals surface area contributed by atoms with Crippen molar-refractivity contribution < 1.29 is 4.79 Å². The van der Waals surface area contributed by atoms with E-state index in [1.54, 1.807) is 0 Å². The summed E-state index contributed by atoms with van der Waals surface area (Å²) < 4.78 is 0. The van der Waals surface area contributed by atoms with Gasteiger partial charge in [0.05, 0.1) is 0 Å². The summed E-state index contributed by atoms with van der Waals surface area (Å²) in [6.07, 6.45) is 4.83. The molecule has 2 amide bonds. The van der Waals surface area contributed by atoms with E-state index in [9.17, 15) is 4.79 Å². The Kier molecular flexibility index (Phi) is 4.24. The van der Waals surface area contributed by atoms with Gasteiger partial charge >= 0.3 is 6.03 Å². The van der Waals surface area contributed by atoms with Gasteiger partial charge in [0, 0.05) is 11.7 Å². The molecule has 1 aromatic carbocycles. The number of carbonyl (C=O) groups excluding carboxylic acids is 1. The molecule has 2 atom stereocenters. The predicted octanol–water partition coefficient (Wildman–Crippen LogP) is 3.70. The zero-order valence-corrected chi connectivity index (χ0v) is 11.2. The molecule has 0 unspecified atom stereocenters. The number of rotatable bonds is 2. The molecule has 0 aromatic heterocycles. The van der Waals surface area contributed by atoms with Crippen molar-refractivity contribution in [2.75, 3.05) is 5.32 Å². The summed E-state index contributed by atoms with van der Waals surface area (Å²) >= 11 is 0. The molecule has 0 radical (unpaired) electrons. The minimum absolute atomic E-state index is 0.0805. The van der Waals surface area contributed by atoms with E-state index in [4.69, 9.17) is 0 Å². The fraction of sp³-hybridized carbons (Fsp3) is 0.533. The summed E-state index contributed by atoms with van der Waals surface area (Å²) in [6, 6.07) is 8.08. The lowest BCUT2D eigenvalue weighted by atomic mass is 9.86. The fourth-order valence-electron chi connectivity index (χ4n) is 2.57. The molecule has 0 heterocycles. The lowest BCUT2D eigenvalue weighted by Crippen LogP contribution is -2.43. The molecule has 3 heteroatoms. The number of aryl methyl sites for hydroxylation is 1. The summed E-state index contributed by atoms with van der Waals surface area (Å²) in [5, 5.41) is 6.02. The van der Waals surface area contributed by atoms with E-state index in [1.807, 2.05) is 31.2 Å². The van der Waals surface area contributed by atoms with Crippen molar-refractivity contribution in [3.05, 3.63) is 29.8 Å². The van der Waals surface area contributed by atoms with Crippen LogP contribution in [0, 0.1) is 12.8 Å². The number of carbonyl (C=O) groups is 1. The van der Waals surface area contributed by atoms with E-state index < -0.39 is 0 Å². The van der Waals surface area contributed by atoms with Gasteiger partial charge in [0.25, 0.3) is 0 Å². The number of hydrogen-bond acceptors (Lipinski definition) is 1. The van der Waals surface area contributed by atoms with Crippen LogP contribution in [0.5, 0.6) is 0 Å². The summed E-state index contributed by atoms with van der Waals surface area (Å²) in [7, 11) is 0. The van der Waals surface area contributed by atoms with Crippen molar-refractivity contribution in [1.29, 1.82) is 0 Å². The van der Waals surface area contributed by atoms with Crippen LogP contribution in [-0.2, 0) is 0 Å². The minimum atomic E-state index is -0.0805. The van der Waals surface area contributed by atoms with Gasteiger partial charge in [-0.1, -0.05) is 38.0 Å². The standard InChI is InChI=1S/C15H22N2O/c1-11-7-3-5-9-13(11)16-15(18)17-14-10-6-4-8-12(14)2/h3,5,7,9,12,14H,4,6,8,10H2,1-2H3,(H2,16,17,18)/t12-,14-/m1/s1. The molecule has 1 saturated carbocycles. The second kappa shape index (κ2) is 5.89. The highest BCUT2D eigenvalue weighted by Crippen LogP contribution is 2.23. The number of para-hydroxylation sites is 1. The normalized spacial score (nSPS) is 23.4. The second-order valence-corrected chi connectivity index (χ2v) is 5.28. The summed E-state index contributed by atoms with van der Waals surface area (Å²) in [4.78, 5) is 12.0. The highest BCUT2D eigenvalue weighted by atomic mass is 16.2. The molecule has 1 fully saturated rings. The summed E-state index contributed by atoms with van der Waals surface area (Å²) in [6.45, 7) is 4.22. The molecule has 0 aliphatic heterocycles. The molecule has 2 N–H and O–H groups in total. The average Bonchev–Trinajstić information content (AvgIpc) is 2.35. The summed E-state index contributed by atoms with van der Waals surface area (Å²) in [5.41, 5.74) is 1.97. The maximum absolute atomic E-state index is 12.0. The van der Waals surface area contributed by atoms with Crippen LogP contribution < -0.4 is 10.6 Å². The Morgan fingerprint density at radius 3 is 2.67 bits per heavy atom. The zero-order valence-electron chi connectivity index (χ0n) is 11.2. The van der Waals surface area contributed by atoms with Gasteiger partial charge in [0.2, 0.25) is 0 Å². The maximum Gasteiger partial charge on any atom is 0.319 e. The molecule has 2 rings (SSSR count). The van der Waals surface area contributed by atoms with Gasteiger partial charge in [-0.3, -0.25) is 0 Å². The van der Waals surface area contributed by atoms with Crippen LogP contribution in [0.15, 0.2) is 24.3 Å². The second-order valence-electron chi connectivity index (χ2n) is 5.28. The highest BCUT2D eigenvalue weighted by molar-refractivity contribution is 5.90. The van der Waals surface area contributed by atoms with Gasteiger partial charge in [-0.05, 0) is 37.3 Å². The van der Waals surface area contributed by atoms with Crippen LogP contribution in [0.2, 0.25) is 0 Å². The topological polar surface area (TPSA) is 41.1 Å². The number of anilines is 1. The molecule has 18 heavy (non-hydrogen) atoms. The number of amides is 2. The van der Waals surface area contributed by atoms with Crippen molar-refractivity contribution in [3.8, 4) is 0 Å². The Morgan fingerprint density at radius 2 is 1.94 bits per heavy atom. The number of hydrogen-bond donors (Lipinski definition) is 2. The third-order valence-corrected chi connectivity index (χ3v) is 3.82. The first-order valence-electron chi connectivity index (χ1n) is 6.80. The smallest absolute Gasteiger partial charge is 0.319 e. The van der Waals surface area contributed by atoms with Crippen molar-refractivity contribution in [1.82, 2.24) is 5.32 Å². The van der Waals surface area contributed by atoms with E-state index in [1.165, 1.54) is 19.3 Å². The van der Waals surface area contributed by atoms with E-state index >= 15 is 0 Å². The summed E-state index contributed by atoms with van der Waals surface area (Å²) in [5.74, 6) is 0.585. The van der Waals surface area contributed by atoms with Gasteiger partial charge in [0.1, 0.15) is 0 Å². The van der Waals surface area contributed by atoms with Crippen LogP contribution in [0.25, 0.3) is 0 Å². The largest absolute Gasteiger partial charge is 0.335 e. The van der Waals surface area contributed by atoms with E-state index in [0.717, 1.165) is 17.7 Å². The first-order valence-corrected chi connectivity index (χ1v) is 6.80. The molecule has 1 aliphatic rings. The van der Waals surface area contributed by atoms with E-state index in [-0.39, 0.29) is 6.03 Å². The fourth-order valence-corrected chi connectivity index (χ4v) is 2.57. The van der Waals surface area contributed by atoms with Gasteiger partial charge in [-0.15, -0.1) is 0 Å². The molecule has 3 nitrogen and oxygen atoms in total. The van der Waals surface area contributed by atoms with E-state index in [2.05, 4.69) is 17.6 Å². The zero-order chi connectivity index (χ0) is 13.0. The lowest BCUT2D eigenvalue weighted by Gasteiger charge is -2.29. The van der Waals surface area contributed by atoms with E-state index in [0.29, 0.717) is 12.0 Å². The highest BCUT2D eigenvalue weighted by Gasteiger charge is 2.22. The molecule has 1 aliphatic carbocycles. The Bertz CT molecular complexity index is 417. The number of benzene rings is 1. The van der Waals surface area contributed by atoms with Crippen LogP contribution in [-0.4, -0.2) is 12.1 Å². The van der Waals surface area contributed by atoms with Gasteiger partial charge in [-0.25, -0.2) is 4.79 Å². The maximum atomic E-state index is 12.0. The monoisotopic (exact) mass is 246 g/mol. The van der Waals surface area contributed by atoms with Crippen LogP contribution in [0.3, 0.4) is 0 Å². The van der Waals surface area contributed by atoms with Crippen LogP contribution in [0.1, 0.15) is 38.2 Å². The Labute approximate surface area is 109 Å². The molecular weight excluding hydrogens is 224 g/mol. The molecule has 0 spiro atoms. The van der Waals surface area contributed by atoms with Crippen molar-refractivity contribution in [2.45, 2.75) is 45.6 Å². The molecular formula is C15H22N2O. The van der Waals surface area contributed by atoms with Gasteiger partial charge in [0.15, 0.2) is 0 Å². The first-order chi connectivity index (χ1) is 8.66. The average molecular weight is 246 g/mol. The number of nitrogens with one attached hydrogen (secondary N) is 2. The molecule has 98 valence electrons. The van der Waals surface area contributed by atoms with Crippen molar-refractivity contribution >= 4 is 11.7 Å². The van der Waals surface area contributed by atoms with Crippen molar-refractivity contribution in [3.63, 3.8) is 0 Å². The Morgan fingerprint density at radius 1 is 1.22 bits per heavy atom. The van der Waals surface area contributed by atoms with Gasteiger partial charge in [-0.2, -0.15) is 0 Å². The SMILES string of the molecule is Cc1ccccc1NC(=O)N[C@@H]1CCCC[C@H]1C. The molecule has 1 aromatic rings. The third kappa shape index (κ3) is 3.25. The third-order valence-electron chi connectivity index (χ3n) is 3.82. The van der Waals surface area contributed by atoms with Crippen LogP contribution in [0.4, 0.5) is 10.5 Å². The quantitative estimate of drug-likeness (QED) is 0.821. The van der Waals surface area contributed by atoms with Crippen molar-refractivity contribution in [2.24, 2.45) is 5.92 Å². The van der Waals surface area contributed by atoms with Gasteiger partial charge < -0.3 is 10.6 Å². The predicted molar refractivity (Wildman–Crippen MR) is 74.8 cm³/mol.